The summed E-state index contributed by atoms with van der Waals surface area (Å²) in [6.45, 7) is 1.55. The summed E-state index contributed by atoms with van der Waals surface area (Å²) in [4.78, 5) is 17.0. The highest BCUT2D eigenvalue weighted by Gasteiger charge is 2.22. The van der Waals surface area contributed by atoms with Crippen LogP contribution in [0.3, 0.4) is 0 Å². The van der Waals surface area contributed by atoms with Crippen molar-refractivity contribution in [3.8, 4) is 0 Å². The van der Waals surface area contributed by atoms with Gasteiger partial charge in [0, 0.05) is 48.3 Å². The molecule has 1 aromatic rings. The van der Waals surface area contributed by atoms with E-state index < -0.39 is 0 Å². The highest BCUT2D eigenvalue weighted by molar-refractivity contribution is 7.99. The predicted octanol–water partition coefficient (Wildman–Crippen LogP) is 2.66. The molecule has 0 radical (unpaired) electrons. The molecule has 1 aliphatic rings. The molecule has 7 heteroatoms. The van der Waals surface area contributed by atoms with E-state index in [1.54, 1.807) is 18.8 Å². The molecule has 1 aliphatic carbocycles. The molecule has 1 saturated carbocycles. The van der Waals surface area contributed by atoms with Gasteiger partial charge in [-0.15, -0.1) is 11.8 Å². The Kier molecular flexibility index (Phi) is 8.25. The molecule has 0 saturated heterocycles. The van der Waals surface area contributed by atoms with Crippen molar-refractivity contribution >= 4 is 35.2 Å². The number of rotatable bonds is 9. The third-order valence-electron chi connectivity index (χ3n) is 3.52. The maximum atomic E-state index is 11.6. The minimum Gasteiger partial charge on any atom is -0.356 e. The maximum absolute atomic E-state index is 11.6. The first kappa shape index (κ1) is 18.9. The van der Waals surface area contributed by atoms with Crippen LogP contribution in [0.5, 0.6) is 0 Å². The zero-order chi connectivity index (χ0) is 17.2. The molecule has 1 aromatic carbocycles. The van der Waals surface area contributed by atoms with E-state index in [2.05, 4.69) is 20.9 Å². The van der Waals surface area contributed by atoms with Crippen molar-refractivity contribution in [2.45, 2.75) is 36.6 Å². The summed E-state index contributed by atoms with van der Waals surface area (Å²) in [6.07, 6.45) is 3.63. The van der Waals surface area contributed by atoms with Gasteiger partial charge in [0.25, 0.3) is 0 Å². The number of amides is 1. The molecule has 1 amide bonds. The Morgan fingerprint density at radius 2 is 1.96 bits per heavy atom. The number of halogens is 1. The van der Waals surface area contributed by atoms with Crippen LogP contribution < -0.4 is 16.0 Å². The van der Waals surface area contributed by atoms with Gasteiger partial charge in [0.15, 0.2) is 5.96 Å². The number of benzene rings is 1. The average molecular weight is 369 g/mol. The standard InChI is InChI=1S/C17H25ClN4OS/c1-19-17(20-10-2-3-16(23)22-14-6-7-14)21-11-12-24-15-8-4-13(18)5-9-15/h4-5,8-9,14H,2-3,6-7,10-12H2,1H3,(H,22,23)(H2,19,20,21). The number of nitrogens with one attached hydrogen (secondary N) is 3. The Balaban J connectivity index is 1.51. The Labute approximate surface area is 153 Å². The molecule has 0 aromatic heterocycles. The molecule has 5 nitrogen and oxygen atoms in total. The normalized spacial score (nSPS) is 14.3. The minimum absolute atomic E-state index is 0.154. The monoisotopic (exact) mass is 368 g/mol. The van der Waals surface area contributed by atoms with Gasteiger partial charge in [-0.1, -0.05) is 11.6 Å². The van der Waals surface area contributed by atoms with E-state index in [-0.39, 0.29) is 5.91 Å². The smallest absolute Gasteiger partial charge is 0.220 e. The van der Waals surface area contributed by atoms with E-state index in [0.29, 0.717) is 12.5 Å². The lowest BCUT2D eigenvalue weighted by atomic mass is 10.3. The quantitative estimate of drug-likeness (QED) is 0.271. The van der Waals surface area contributed by atoms with Gasteiger partial charge in [0.1, 0.15) is 0 Å². The van der Waals surface area contributed by atoms with E-state index in [1.807, 2.05) is 24.3 Å². The Hall–Kier alpha value is -1.40. The van der Waals surface area contributed by atoms with Crippen molar-refractivity contribution < 1.29 is 4.79 Å². The average Bonchev–Trinajstić information content (AvgIpc) is 3.39. The summed E-state index contributed by atoms with van der Waals surface area (Å²) in [5.41, 5.74) is 0. The second-order valence-electron chi connectivity index (χ2n) is 5.67. The fraction of sp³-hybridized carbons (Fsp3) is 0.529. The first-order valence-corrected chi connectivity index (χ1v) is 9.66. The topological polar surface area (TPSA) is 65.5 Å². The molecule has 0 unspecified atom stereocenters. The Morgan fingerprint density at radius 3 is 2.62 bits per heavy atom. The first-order chi connectivity index (χ1) is 11.7. The summed E-state index contributed by atoms with van der Waals surface area (Å²) >= 11 is 7.64. The Morgan fingerprint density at radius 1 is 1.25 bits per heavy atom. The lowest BCUT2D eigenvalue weighted by Gasteiger charge is -2.11. The van der Waals surface area contributed by atoms with E-state index >= 15 is 0 Å². The fourth-order valence-electron chi connectivity index (χ4n) is 2.07. The summed E-state index contributed by atoms with van der Waals surface area (Å²) in [7, 11) is 1.75. The van der Waals surface area contributed by atoms with Gasteiger partial charge >= 0.3 is 0 Å². The molecule has 1 fully saturated rings. The van der Waals surface area contributed by atoms with Gasteiger partial charge < -0.3 is 16.0 Å². The van der Waals surface area contributed by atoms with Crippen molar-refractivity contribution in [2.75, 3.05) is 25.9 Å². The third kappa shape index (κ3) is 7.93. The summed E-state index contributed by atoms with van der Waals surface area (Å²) in [5.74, 6) is 1.86. The second-order valence-corrected chi connectivity index (χ2v) is 7.28. The van der Waals surface area contributed by atoms with E-state index in [0.717, 1.165) is 49.1 Å². The molecule has 132 valence electrons. The first-order valence-electron chi connectivity index (χ1n) is 8.29. The number of nitrogens with zero attached hydrogens (tertiary/aromatic N) is 1. The molecular formula is C17H25ClN4OS. The van der Waals surface area contributed by atoms with Gasteiger partial charge in [0.2, 0.25) is 5.91 Å². The molecule has 0 atom stereocenters. The van der Waals surface area contributed by atoms with Gasteiger partial charge in [-0.25, -0.2) is 0 Å². The van der Waals surface area contributed by atoms with Crippen LogP contribution in [-0.2, 0) is 4.79 Å². The lowest BCUT2D eigenvalue weighted by molar-refractivity contribution is -0.121. The molecule has 0 bridgehead atoms. The van der Waals surface area contributed by atoms with Gasteiger partial charge in [-0.05, 0) is 43.5 Å². The van der Waals surface area contributed by atoms with Gasteiger partial charge in [-0.2, -0.15) is 0 Å². The molecular weight excluding hydrogens is 344 g/mol. The maximum Gasteiger partial charge on any atom is 0.220 e. The van der Waals surface area contributed by atoms with Crippen molar-refractivity contribution in [2.24, 2.45) is 4.99 Å². The molecule has 3 N–H and O–H groups in total. The van der Waals surface area contributed by atoms with Crippen molar-refractivity contribution in [1.29, 1.82) is 0 Å². The van der Waals surface area contributed by atoms with E-state index in [4.69, 9.17) is 11.6 Å². The second kappa shape index (κ2) is 10.5. The highest BCUT2D eigenvalue weighted by atomic mass is 35.5. The van der Waals surface area contributed by atoms with Crippen LogP contribution in [0.1, 0.15) is 25.7 Å². The predicted molar refractivity (Wildman–Crippen MR) is 102 cm³/mol. The highest BCUT2D eigenvalue weighted by Crippen LogP contribution is 2.19. The van der Waals surface area contributed by atoms with Crippen LogP contribution in [0.4, 0.5) is 0 Å². The number of hydrogen-bond acceptors (Lipinski definition) is 3. The van der Waals surface area contributed by atoms with Crippen molar-refractivity contribution in [3.05, 3.63) is 29.3 Å². The number of hydrogen-bond donors (Lipinski definition) is 3. The number of thioether (sulfide) groups is 1. The molecule has 0 aliphatic heterocycles. The molecule has 0 heterocycles. The number of carbonyl (C=O) groups is 1. The largest absolute Gasteiger partial charge is 0.356 e. The summed E-state index contributed by atoms with van der Waals surface area (Å²) in [5, 5.41) is 10.3. The SMILES string of the molecule is CN=C(NCCCC(=O)NC1CC1)NCCSc1ccc(Cl)cc1. The molecule has 0 spiro atoms. The Bertz CT molecular complexity index is 546. The van der Waals surface area contributed by atoms with Crippen LogP contribution >= 0.6 is 23.4 Å². The van der Waals surface area contributed by atoms with Crippen LogP contribution in [-0.4, -0.2) is 43.8 Å². The van der Waals surface area contributed by atoms with E-state index in [9.17, 15) is 4.79 Å². The van der Waals surface area contributed by atoms with Gasteiger partial charge in [0.05, 0.1) is 0 Å². The van der Waals surface area contributed by atoms with Crippen LogP contribution in [0.15, 0.2) is 34.2 Å². The zero-order valence-corrected chi connectivity index (χ0v) is 15.6. The molecule has 2 rings (SSSR count). The fourth-order valence-corrected chi connectivity index (χ4v) is 2.97. The minimum atomic E-state index is 0.154. The summed E-state index contributed by atoms with van der Waals surface area (Å²) in [6, 6.07) is 8.28. The van der Waals surface area contributed by atoms with Crippen LogP contribution in [0, 0.1) is 0 Å². The van der Waals surface area contributed by atoms with Crippen LogP contribution in [0.25, 0.3) is 0 Å². The van der Waals surface area contributed by atoms with E-state index in [1.165, 1.54) is 4.90 Å². The van der Waals surface area contributed by atoms with Crippen LogP contribution in [0.2, 0.25) is 5.02 Å². The number of carbonyl (C=O) groups excluding carboxylic acids is 1. The number of guanidine groups is 1. The van der Waals surface area contributed by atoms with Gasteiger partial charge in [-0.3, -0.25) is 9.79 Å². The zero-order valence-electron chi connectivity index (χ0n) is 14.0. The van der Waals surface area contributed by atoms with Crippen molar-refractivity contribution in [1.82, 2.24) is 16.0 Å². The summed E-state index contributed by atoms with van der Waals surface area (Å²) < 4.78 is 0. The number of aliphatic imine (C=N–C) groups is 1. The van der Waals surface area contributed by atoms with Crippen molar-refractivity contribution in [3.63, 3.8) is 0 Å². The molecule has 24 heavy (non-hydrogen) atoms. The third-order valence-corrected chi connectivity index (χ3v) is 4.78. The lowest BCUT2D eigenvalue weighted by Crippen LogP contribution is -2.39.